The van der Waals surface area contributed by atoms with Gasteiger partial charge in [0.2, 0.25) is 10.0 Å². The predicted octanol–water partition coefficient (Wildman–Crippen LogP) is 2.93. The third kappa shape index (κ3) is 4.09. The molecule has 1 heterocycles. The van der Waals surface area contributed by atoms with Crippen molar-refractivity contribution in [2.75, 3.05) is 12.4 Å². The fourth-order valence-electron chi connectivity index (χ4n) is 3.19. The zero-order valence-corrected chi connectivity index (χ0v) is 13.9. The van der Waals surface area contributed by atoms with Gasteiger partial charge in [0.05, 0.1) is 11.9 Å². The lowest BCUT2D eigenvalue weighted by Gasteiger charge is -2.21. The largest absolute Gasteiger partial charge is 0.378 e. The number of hydrogen-bond acceptors (Lipinski definition) is 3. The molecule has 0 bridgehead atoms. The third-order valence-corrected chi connectivity index (χ3v) is 6.04. The standard InChI is InChI=1S/C17H25NO3S/c1-13-5-2-3-7-16(13)17(14-8-9-14)18-22(19,20)12-10-15-6-4-11-21-15/h2-3,5,7,14-15,17-18H,4,6,8-12H2,1H3/t15-,17+/m0/s1. The van der Waals surface area contributed by atoms with Gasteiger partial charge in [-0.15, -0.1) is 0 Å². The molecule has 0 unspecified atom stereocenters. The van der Waals surface area contributed by atoms with Crippen LogP contribution in [0.4, 0.5) is 0 Å². The van der Waals surface area contributed by atoms with Crippen molar-refractivity contribution in [1.29, 1.82) is 0 Å². The molecular weight excluding hydrogens is 298 g/mol. The van der Waals surface area contributed by atoms with Gasteiger partial charge in [0.1, 0.15) is 0 Å². The molecule has 1 N–H and O–H groups in total. The minimum Gasteiger partial charge on any atom is -0.378 e. The van der Waals surface area contributed by atoms with E-state index < -0.39 is 10.0 Å². The second-order valence-electron chi connectivity index (χ2n) is 6.53. The second-order valence-corrected chi connectivity index (χ2v) is 8.41. The molecule has 4 nitrogen and oxygen atoms in total. The zero-order chi connectivity index (χ0) is 15.6. The highest BCUT2D eigenvalue weighted by Gasteiger charge is 2.35. The lowest BCUT2D eigenvalue weighted by atomic mass is 9.99. The average molecular weight is 323 g/mol. The van der Waals surface area contributed by atoms with Gasteiger partial charge in [-0.3, -0.25) is 0 Å². The van der Waals surface area contributed by atoms with Crippen molar-refractivity contribution in [2.45, 2.75) is 51.2 Å². The van der Waals surface area contributed by atoms with Crippen molar-refractivity contribution in [3.8, 4) is 0 Å². The summed E-state index contributed by atoms with van der Waals surface area (Å²) in [7, 11) is -3.27. The minimum atomic E-state index is -3.27. The van der Waals surface area contributed by atoms with Crippen LogP contribution >= 0.6 is 0 Å². The van der Waals surface area contributed by atoms with Crippen LogP contribution in [0.25, 0.3) is 0 Å². The molecule has 1 aliphatic carbocycles. The van der Waals surface area contributed by atoms with Crippen LogP contribution < -0.4 is 4.72 Å². The Kier molecular flexibility index (Phi) is 4.85. The molecule has 1 aromatic carbocycles. The van der Waals surface area contributed by atoms with E-state index >= 15 is 0 Å². The molecule has 2 aliphatic rings. The van der Waals surface area contributed by atoms with Gasteiger partial charge in [0, 0.05) is 12.6 Å². The van der Waals surface area contributed by atoms with Crippen LogP contribution in [0.5, 0.6) is 0 Å². The van der Waals surface area contributed by atoms with Crippen molar-refractivity contribution < 1.29 is 13.2 Å². The molecule has 5 heteroatoms. The first-order valence-electron chi connectivity index (χ1n) is 8.22. The van der Waals surface area contributed by atoms with Crippen molar-refractivity contribution in [1.82, 2.24) is 4.72 Å². The Morgan fingerprint density at radius 2 is 2.05 bits per heavy atom. The summed E-state index contributed by atoms with van der Waals surface area (Å²) in [5, 5.41) is 0. The molecule has 1 aliphatic heterocycles. The molecule has 22 heavy (non-hydrogen) atoms. The summed E-state index contributed by atoms with van der Waals surface area (Å²) in [5.74, 6) is 0.603. The van der Waals surface area contributed by atoms with Gasteiger partial charge in [0.25, 0.3) is 0 Å². The van der Waals surface area contributed by atoms with Crippen LogP contribution in [0, 0.1) is 12.8 Å². The number of aryl methyl sites for hydroxylation is 1. The summed E-state index contributed by atoms with van der Waals surface area (Å²) in [5.41, 5.74) is 2.27. The van der Waals surface area contributed by atoms with E-state index in [2.05, 4.69) is 4.72 Å². The first kappa shape index (κ1) is 16.0. The first-order chi connectivity index (χ1) is 10.6. The first-order valence-corrected chi connectivity index (χ1v) is 9.87. The van der Waals surface area contributed by atoms with Crippen LogP contribution in [0.15, 0.2) is 24.3 Å². The third-order valence-electron chi connectivity index (χ3n) is 4.66. The van der Waals surface area contributed by atoms with Gasteiger partial charge in [-0.25, -0.2) is 13.1 Å². The molecule has 122 valence electrons. The number of nitrogens with one attached hydrogen (secondary N) is 1. The molecule has 2 fully saturated rings. The van der Waals surface area contributed by atoms with Gasteiger partial charge in [0.15, 0.2) is 0 Å². The van der Waals surface area contributed by atoms with Gasteiger partial charge in [-0.05, 0) is 56.1 Å². The van der Waals surface area contributed by atoms with E-state index in [9.17, 15) is 8.42 Å². The Bertz CT molecular complexity index is 604. The smallest absolute Gasteiger partial charge is 0.212 e. The van der Waals surface area contributed by atoms with E-state index in [0.29, 0.717) is 12.3 Å². The molecule has 0 radical (unpaired) electrons. The topological polar surface area (TPSA) is 55.4 Å². The molecule has 1 saturated carbocycles. The maximum atomic E-state index is 12.4. The lowest BCUT2D eigenvalue weighted by molar-refractivity contribution is 0.108. The summed E-state index contributed by atoms with van der Waals surface area (Å²) in [4.78, 5) is 0. The summed E-state index contributed by atoms with van der Waals surface area (Å²) in [6.45, 7) is 2.82. The summed E-state index contributed by atoms with van der Waals surface area (Å²) in [6.07, 6.45) is 4.96. The van der Waals surface area contributed by atoms with E-state index in [-0.39, 0.29) is 17.9 Å². The van der Waals surface area contributed by atoms with Gasteiger partial charge in [-0.1, -0.05) is 24.3 Å². The fraction of sp³-hybridized carbons (Fsp3) is 0.647. The highest BCUT2D eigenvalue weighted by molar-refractivity contribution is 7.89. The monoisotopic (exact) mass is 323 g/mol. The maximum absolute atomic E-state index is 12.4. The van der Waals surface area contributed by atoms with E-state index in [1.54, 1.807) is 0 Å². The predicted molar refractivity (Wildman–Crippen MR) is 87.2 cm³/mol. The van der Waals surface area contributed by atoms with Gasteiger partial charge < -0.3 is 4.74 Å². The quantitative estimate of drug-likeness (QED) is 0.839. The molecule has 3 rings (SSSR count). The summed E-state index contributed by atoms with van der Waals surface area (Å²) in [6, 6.07) is 8.00. The normalized spacial score (nSPS) is 23.6. The molecule has 2 atom stereocenters. The number of rotatable bonds is 7. The van der Waals surface area contributed by atoms with Crippen LogP contribution in [0.3, 0.4) is 0 Å². The summed E-state index contributed by atoms with van der Waals surface area (Å²) >= 11 is 0. The minimum absolute atomic E-state index is 0.0734. The SMILES string of the molecule is Cc1ccccc1[C@H](NS(=O)(=O)CC[C@@H]1CCCO1)C1CC1. The Morgan fingerprint density at radius 3 is 2.68 bits per heavy atom. The highest BCUT2D eigenvalue weighted by Crippen LogP contribution is 2.42. The van der Waals surface area contributed by atoms with Gasteiger partial charge in [-0.2, -0.15) is 0 Å². The molecule has 0 amide bonds. The molecule has 1 aromatic rings. The zero-order valence-electron chi connectivity index (χ0n) is 13.1. The van der Waals surface area contributed by atoms with Gasteiger partial charge >= 0.3 is 0 Å². The highest BCUT2D eigenvalue weighted by atomic mass is 32.2. The van der Waals surface area contributed by atoms with Crippen molar-refractivity contribution in [3.05, 3.63) is 35.4 Å². The Labute approximate surface area is 133 Å². The van der Waals surface area contributed by atoms with Crippen LogP contribution in [0.1, 0.15) is 49.3 Å². The van der Waals surface area contributed by atoms with Crippen LogP contribution in [0.2, 0.25) is 0 Å². The van der Waals surface area contributed by atoms with Crippen LogP contribution in [-0.4, -0.2) is 26.9 Å². The lowest BCUT2D eigenvalue weighted by Crippen LogP contribution is -2.33. The van der Waals surface area contributed by atoms with Crippen molar-refractivity contribution in [2.24, 2.45) is 5.92 Å². The van der Waals surface area contributed by atoms with E-state index in [1.807, 2.05) is 31.2 Å². The molecule has 0 aromatic heterocycles. The Balaban J connectivity index is 1.66. The average Bonchev–Trinajstić information content (AvgIpc) is 3.19. The number of ether oxygens (including phenoxy) is 1. The summed E-state index contributed by atoms with van der Waals surface area (Å²) < 4.78 is 33.4. The molecule has 1 saturated heterocycles. The van der Waals surface area contributed by atoms with E-state index in [0.717, 1.165) is 43.4 Å². The molecule has 0 spiro atoms. The van der Waals surface area contributed by atoms with Crippen LogP contribution in [-0.2, 0) is 14.8 Å². The molecular formula is C17H25NO3S. The van der Waals surface area contributed by atoms with Crippen molar-refractivity contribution >= 4 is 10.0 Å². The number of benzene rings is 1. The maximum Gasteiger partial charge on any atom is 0.212 e. The van der Waals surface area contributed by atoms with E-state index in [1.165, 1.54) is 0 Å². The number of hydrogen-bond donors (Lipinski definition) is 1. The van der Waals surface area contributed by atoms with Crippen molar-refractivity contribution in [3.63, 3.8) is 0 Å². The Hall–Kier alpha value is -0.910. The van der Waals surface area contributed by atoms with E-state index in [4.69, 9.17) is 4.74 Å². The number of sulfonamides is 1. The second kappa shape index (κ2) is 6.69. The Morgan fingerprint density at radius 1 is 1.27 bits per heavy atom. The fourth-order valence-corrected chi connectivity index (χ4v) is 4.59.